The number of nitrogens with zero attached hydrogens (tertiary/aromatic N) is 1. The van der Waals surface area contributed by atoms with Crippen molar-refractivity contribution in [2.24, 2.45) is 5.73 Å². The number of carbonyl (C=O) groups excluding carboxylic acids is 1. The summed E-state index contributed by atoms with van der Waals surface area (Å²) >= 11 is 0. The second-order valence-electron chi connectivity index (χ2n) is 4.58. The minimum absolute atomic E-state index is 0.246. The third-order valence-corrected chi connectivity index (χ3v) is 3.25. The largest absolute Gasteiger partial charge is 0.366 e. The molecule has 3 rings (SSSR count). The van der Waals surface area contributed by atoms with Crippen molar-refractivity contribution in [3.8, 4) is 0 Å². The molecule has 0 atom stereocenters. The smallest absolute Gasteiger partial charge is 0.272 e. The van der Waals surface area contributed by atoms with Crippen molar-refractivity contribution < 1.29 is 4.79 Å². The number of rotatable bonds is 3. The predicted molar refractivity (Wildman–Crippen MR) is 76.6 cm³/mol. The lowest BCUT2D eigenvalue weighted by atomic mass is 10.1. The number of primary amides is 1. The summed E-state index contributed by atoms with van der Waals surface area (Å²) in [5, 5.41) is 3.09. The van der Waals surface area contributed by atoms with Crippen LogP contribution >= 0.6 is 0 Å². The second kappa shape index (κ2) is 4.70. The van der Waals surface area contributed by atoms with Crippen molar-refractivity contribution in [1.29, 1.82) is 0 Å². The van der Waals surface area contributed by atoms with Crippen LogP contribution in [-0.2, 0) is 6.54 Å². The number of nitrogens with one attached hydrogen (secondary N) is 1. The Labute approximate surface area is 114 Å². The van der Waals surface area contributed by atoms with Crippen molar-refractivity contribution in [2.75, 3.05) is 0 Å². The number of nitrogens with two attached hydrogens (primary N) is 1. The van der Waals surface area contributed by atoms with E-state index in [1.165, 1.54) is 0 Å². The van der Waals surface area contributed by atoms with E-state index in [9.17, 15) is 9.59 Å². The van der Waals surface area contributed by atoms with Crippen LogP contribution in [0.5, 0.6) is 0 Å². The summed E-state index contributed by atoms with van der Waals surface area (Å²) in [5.41, 5.74) is 6.99. The molecule has 0 saturated carbocycles. The Bertz CT molecular complexity index is 831. The lowest BCUT2D eigenvalue weighted by Crippen LogP contribution is -2.14. The Morgan fingerprint density at radius 3 is 2.55 bits per heavy atom. The first-order valence-electron chi connectivity index (χ1n) is 6.22. The van der Waals surface area contributed by atoms with Crippen LogP contribution in [0.25, 0.3) is 10.9 Å². The number of H-pyrrole nitrogens is 1. The average molecular weight is 267 g/mol. The number of amides is 1. The molecular formula is C15H13N3O2. The normalized spacial score (nSPS) is 10.8. The van der Waals surface area contributed by atoms with Crippen LogP contribution in [-0.4, -0.2) is 15.7 Å². The van der Waals surface area contributed by atoms with Gasteiger partial charge in [0.25, 0.3) is 5.56 Å². The monoisotopic (exact) mass is 267 g/mol. The van der Waals surface area contributed by atoms with E-state index < -0.39 is 5.91 Å². The molecule has 0 bridgehead atoms. The predicted octanol–water partition coefficient (Wildman–Crippen LogP) is 1.48. The van der Waals surface area contributed by atoms with E-state index in [2.05, 4.69) is 5.10 Å². The Kier molecular flexibility index (Phi) is 2.87. The number of fused-ring (bicyclic) bond motifs is 1. The van der Waals surface area contributed by atoms with Gasteiger partial charge in [-0.1, -0.05) is 36.4 Å². The van der Waals surface area contributed by atoms with Gasteiger partial charge in [0.15, 0.2) is 0 Å². The molecular weight excluding hydrogens is 254 g/mol. The van der Waals surface area contributed by atoms with Gasteiger partial charge in [-0.05, 0) is 17.7 Å². The number of hydrogen-bond donors (Lipinski definition) is 2. The van der Waals surface area contributed by atoms with Gasteiger partial charge in [-0.15, -0.1) is 0 Å². The van der Waals surface area contributed by atoms with Gasteiger partial charge >= 0.3 is 0 Å². The van der Waals surface area contributed by atoms with Crippen molar-refractivity contribution in [3.05, 3.63) is 70.0 Å². The van der Waals surface area contributed by atoms with E-state index in [1.807, 2.05) is 30.3 Å². The maximum Gasteiger partial charge on any atom is 0.272 e. The molecule has 0 spiro atoms. The van der Waals surface area contributed by atoms with Gasteiger partial charge in [-0.2, -0.15) is 0 Å². The molecule has 0 radical (unpaired) electrons. The van der Waals surface area contributed by atoms with Crippen LogP contribution < -0.4 is 11.3 Å². The summed E-state index contributed by atoms with van der Waals surface area (Å²) < 4.78 is 1.72. The van der Waals surface area contributed by atoms with Gasteiger partial charge in [0.1, 0.15) is 0 Å². The molecule has 5 nitrogen and oxygen atoms in total. The number of hydrogen-bond acceptors (Lipinski definition) is 2. The maximum atomic E-state index is 12.0. The van der Waals surface area contributed by atoms with Crippen LogP contribution in [0.1, 0.15) is 15.9 Å². The number of benzene rings is 2. The summed E-state index contributed by atoms with van der Waals surface area (Å²) in [6.45, 7) is 0.530. The Morgan fingerprint density at radius 2 is 1.85 bits per heavy atom. The molecule has 3 aromatic rings. The maximum absolute atomic E-state index is 12.0. The molecule has 1 amide bonds. The molecule has 100 valence electrons. The van der Waals surface area contributed by atoms with Gasteiger partial charge in [0, 0.05) is 0 Å². The molecule has 0 aliphatic rings. The van der Waals surface area contributed by atoms with Gasteiger partial charge in [0.05, 0.1) is 23.0 Å². The highest BCUT2D eigenvalue weighted by Crippen LogP contribution is 2.15. The highest BCUT2D eigenvalue weighted by atomic mass is 16.1. The summed E-state index contributed by atoms with van der Waals surface area (Å²) in [4.78, 5) is 23.4. The molecule has 0 aliphatic heterocycles. The third-order valence-electron chi connectivity index (χ3n) is 3.25. The van der Waals surface area contributed by atoms with E-state index in [4.69, 9.17) is 5.73 Å². The van der Waals surface area contributed by atoms with E-state index in [0.29, 0.717) is 17.4 Å². The zero-order valence-electron chi connectivity index (χ0n) is 10.7. The van der Waals surface area contributed by atoms with Crippen LogP contribution in [0, 0.1) is 0 Å². The van der Waals surface area contributed by atoms with Gasteiger partial charge in [-0.25, -0.2) is 0 Å². The molecule has 0 aliphatic carbocycles. The fourth-order valence-electron chi connectivity index (χ4n) is 2.34. The first-order chi connectivity index (χ1) is 9.66. The molecule has 20 heavy (non-hydrogen) atoms. The van der Waals surface area contributed by atoms with Crippen molar-refractivity contribution >= 4 is 16.8 Å². The average Bonchev–Trinajstić information content (AvgIpc) is 2.77. The van der Waals surface area contributed by atoms with E-state index in [-0.39, 0.29) is 11.1 Å². The molecule has 0 fully saturated rings. The molecule has 1 aromatic heterocycles. The minimum Gasteiger partial charge on any atom is -0.366 e. The molecule has 0 unspecified atom stereocenters. The quantitative estimate of drug-likeness (QED) is 0.753. The van der Waals surface area contributed by atoms with E-state index >= 15 is 0 Å². The summed E-state index contributed by atoms with van der Waals surface area (Å²) in [6.07, 6.45) is 0. The highest BCUT2D eigenvalue weighted by Gasteiger charge is 2.14. The number of carbonyl (C=O) groups is 1. The Balaban J connectivity index is 2.17. The molecule has 2 aromatic carbocycles. The summed E-state index contributed by atoms with van der Waals surface area (Å²) in [6, 6.07) is 14.8. The second-order valence-corrected chi connectivity index (χ2v) is 4.58. The Morgan fingerprint density at radius 1 is 1.10 bits per heavy atom. The Hall–Kier alpha value is -2.82. The first kappa shape index (κ1) is 12.2. The molecule has 0 saturated heterocycles. The van der Waals surface area contributed by atoms with E-state index in [1.54, 1.807) is 22.9 Å². The number of aromatic nitrogens is 2. The lowest BCUT2D eigenvalue weighted by molar-refractivity contribution is 0.100. The number of aromatic amines is 1. The minimum atomic E-state index is -0.599. The lowest BCUT2D eigenvalue weighted by Gasteiger charge is -2.05. The zero-order chi connectivity index (χ0) is 14.1. The third kappa shape index (κ3) is 1.99. The molecule has 3 N–H and O–H groups in total. The summed E-state index contributed by atoms with van der Waals surface area (Å²) in [7, 11) is 0. The van der Waals surface area contributed by atoms with Gasteiger partial charge in [0.2, 0.25) is 5.91 Å². The SMILES string of the molecule is NC(=O)c1cccc2c1c(=O)[nH]n2Cc1ccccc1. The van der Waals surface area contributed by atoms with E-state index in [0.717, 1.165) is 5.56 Å². The molecule has 1 heterocycles. The van der Waals surface area contributed by atoms with Crippen LogP contribution in [0.3, 0.4) is 0 Å². The topological polar surface area (TPSA) is 80.9 Å². The van der Waals surface area contributed by atoms with Crippen LogP contribution in [0.2, 0.25) is 0 Å². The standard InChI is InChI=1S/C15H13N3O2/c16-14(19)11-7-4-8-12-13(11)15(20)17-18(12)9-10-5-2-1-3-6-10/h1-8H,9H2,(H2,16,19)(H,17,20). The fraction of sp³-hybridized carbons (Fsp3) is 0.0667. The van der Waals surface area contributed by atoms with Crippen LogP contribution in [0.15, 0.2) is 53.3 Å². The van der Waals surface area contributed by atoms with Crippen molar-refractivity contribution in [2.45, 2.75) is 6.54 Å². The van der Waals surface area contributed by atoms with Gasteiger partial charge in [-0.3, -0.25) is 19.4 Å². The van der Waals surface area contributed by atoms with Crippen LogP contribution in [0.4, 0.5) is 0 Å². The molecule has 5 heteroatoms. The summed E-state index contributed by atoms with van der Waals surface area (Å²) in [5.74, 6) is -0.599. The fourth-order valence-corrected chi connectivity index (χ4v) is 2.34. The van der Waals surface area contributed by atoms with Crippen molar-refractivity contribution in [1.82, 2.24) is 9.78 Å². The van der Waals surface area contributed by atoms with Crippen molar-refractivity contribution in [3.63, 3.8) is 0 Å². The first-order valence-corrected chi connectivity index (χ1v) is 6.22. The zero-order valence-corrected chi connectivity index (χ0v) is 10.7. The highest BCUT2D eigenvalue weighted by molar-refractivity contribution is 6.05. The van der Waals surface area contributed by atoms with Gasteiger partial charge < -0.3 is 5.73 Å².